The standard InChI is InChI=1S/C25H24F2N2O3/c1-5-32-24(31)25(26,27)18-14-28(3)23(30)22-21(17-12-8-9-13-19(17)29(22)4)20(18)16-11-7-6-10-15(16)2/h6-13H,5,14H2,1-4H3. The molecular weight excluding hydrogens is 414 g/mol. The van der Waals surface area contributed by atoms with Gasteiger partial charge in [-0.25, -0.2) is 4.79 Å². The van der Waals surface area contributed by atoms with Crippen LogP contribution in [0.4, 0.5) is 8.78 Å². The molecule has 4 rings (SSSR count). The molecule has 1 aromatic heterocycles. The van der Waals surface area contributed by atoms with Crippen LogP contribution in [0.15, 0.2) is 54.1 Å². The normalized spacial score (nSPS) is 14.6. The predicted octanol–water partition coefficient (Wildman–Crippen LogP) is 4.57. The van der Waals surface area contributed by atoms with Crippen molar-refractivity contribution in [2.45, 2.75) is 19.8 Å². The first-order valence-electron chi connectivity index (χ1n) is 10.4. The van der Waals surface area contributed by atoms with Gasteiger partial charge >= 0.3 is 11.9 Å². The number of hydrogen-bond donors (Lipinski definition) is 0. The lowest BCUT2D eigenvalue weighted by Crippen LogP contribution is -2.39. The molecule has 5 nitrogen and oxygen atoms in total. The predicted molar refractivity (Wildman–Crippen MR) is 119 cm³/mol. The van der Waals surface area contributed by atoms with Crippen molar-refractivity contribution in [2.24, 2.45) is 7.05 Å². The second kappa shape index (κ2) is 7.89. The number of rotatable bonds is 4. The molecule has 2 aromatic carbocycles. The Kier molecular flexibility index (Phi) is 5.36. The highest BCUT2D eigenvalue weighted by atomic mass is 19.3. The molecular formula is C25H24F2N2O3. The zero-order valence-corrected chi connectivity index (χ0v) is 18.4. The summed E-state index contributed by atoms with van der Waals surface area (Å²) in [5, 5.41) is 0.670. The van der Waals surface area contributed by atoms with E-state index >= 15 is 8.78 Å². The number of fused-ring (bicyclic) bond motifs is 3. The van der Waals surface area contributed by atoms with E-state index in [9.17, 15) is 9.59 Å². The molecule has 1 amide bonds. The molecule has 166 valence electrons. The molecule has 2 heterocycles. The molecule has 0 saturated carbocycles. The Labute approximate surface area is 184 Å². The van der Waals surface area contributed by atoms with E-state index < -0.39 is 24.0 Å². The number of carbonyl (C=O) groups is 2. The molecule has 0 spiro atoms. The Hall–Kier alpha value is -3.48. The highest BCUT2D eigenvalue weighted by Gasteiger charge is 2.49. The number of amides is 1. The Balaban J connectivity index is 2.20. The molecule has 0 atom stereocenters. The van der Waals surface area contributed by atoms with Crippen molar-refractivity contribution >= 4 is 28.4 Å². The van der Waals surface area contributed by atoms with Gasteiger partial charge in [0.1, 0.15) is 5.69 Å². The number of esters is 1. The molecule has 0 radical (unpaired) electrons. The van der Waals surface area contributed by atoms with Crippen molar-refractivity contribution in [3.8, 4) is 0 Å². The van der Waals surface area contributed by atoms with Crippen molar-refractivity contribution in [3.63, 3.8) is 0 Å². The maximum Gasteiger partial charge on any atom is 0.381 e. The summed E-state index contributed by atoms with van der Waals surface area (Å²) >= 11 is 0. The highest BCUT2D eigenvalue weighted by molar-refractivity contribution is 6.12. The van der Waals surface area contributed by atoms with E-state index in [1.807, 2.05) is 37.3 Å². The number of benzene rings is 2. The molecule has 0 fully saturated rings. The minimum Gasteiger partial charge on any atom is -0.461 e. The molecule has 3 aromatic rings. The van der Waals surface area contributed by atoms with Crippen LogP contribution < -0.4 is 0 Å². The minimum atomic E-state index is -3.92. The number of aromatic nitrogens is 1. The number of aryl methyl sites for hydroxylation is 2. The van der Waals surface area contributed by atoms with Gasteiger partial charge in [0.2, 0.25) is 0 Å². The lowest BCUT2D eigenvalue weighted by atomic mass is 9.87. The zero-order chi connectivity index (χ0) is 23.2. The Morgan fingerprint density at radius 2 is 1.75 bits per heavy atom. The van der Waals surface area contributed by atoms with E-state index in [4.69, 9.17) is 4.74 Å². The number of hydrogen-bond acceptors (Lipinski definition) is 3. The van der Waals surface area contributed by atoms with Gasteiger partial charge in [0, 0.05) is 42.7 Å². The van der Waals surface area contributed by atoms with Crippen LogP contribution in [0, 0.1) is 6.92 Å². The number of para-hydroxylation sites is 1. The maximum atomic E-state index is 15.7. The first-order valence-corrected chi connectivity index (χ1v) is 10.4. The number of likely N-dealkylation sites (N-methyl/N-ethyl adjacent to an activating group) is 1. The first-order chi connectivity index (χ1) is 15.2. The lowest BCUT2D eigenvalue weighted by molar-refractivity contribution is -0.166. The SMILES string of the molecule is CCOC(=O)C(F)(F)C1=C(c2ccccc2C)c2c(n(C)c3ccccc23)C(=O)N(C)C1. The van der Waals surface area contributed by atoms with Gasteiger partial charge in [-0.05, 0) is 36.6 Å². The molecule has 1 aliphatic heterocycles. The summed E-state index contributed by atoms with van der Waals surface area (Å²) in [6, 6.07) is 14.4. The summed E-state index contributed by atoms with van der Waals surface area (Å²) in [4.78, 5) is 27.0. The van der Waals surface area contributed by atoms with Gasteiger partial charge in [-0.2, -0.15) is 8.78 Å². The van der Waals surface area contributed by atoms with Crippen molar-refractivity contribution in [1.29, 1.82) is 0 Å². The summed E-state index contributed by atoms with van der Waals surface area (Å²) in [6.45, 7) is 2.73. The maximum absolute atomic E-state index is 15.7. The fourth-order valence-corrected chi connectivity index (χ4v) is 4.37. The van der Waals surface area contributed by atoms with Crippen LogP contribution in [-0.2, 0) is 16.6 Å². The molecule has 1 aliphatic rings. The topological polar surface area (TPSA) is 51.5 Å². The van der Waals surface area contributed by atoms with Gasteiger partial charge in [-0.15, -0.1) is 0 Å². The highest BCUT2D eigenvalue weighted by Crippen LogP contribution is 2.44. The van der Waals surface area contributed by atoms with Gasteiger partial charge in [0.25, 0.3) is 5.91 Å². The number of halogens is 2. The van der Waals surface area contributed by atoms with Crippen molar-refractivity contribution in [2.75, 3.05) is 20.2 Å². The molecule has 32 heavy (non-hydrogen) atoms. The average Bonchev–Trinajstić information content (AvgIpc) is 2.99. The number of ether oxygens (including phenoxy) is 1. The van der Waals surface area contributed by atoms with Crippen LogP contribution in [0.5, 0.6) is 0 Å². The number of alkyl halides is 2. The molecule has 0 bridgehead atoms. The smallest absolute Gasteiger partial charge is 0.381 e. The fourth-order valence-electron chi connectivity index (χ4n) is 4.37. The Morgan fingerprint density at radius 3 is 2.44 bits per heavy atom. The lowest BCUT2D eigenvalue weighted by Gasteiger charge is -2.24. The monoisotopic (exact) mass is 438 g/mol. The summed E-state index contributed by atoms with van der Waals surface area (Å²) < 4.78 is 37.8. The molecule has 0 N–H and O–H groups in total. The van der Waals surface area contributed by atoms with Crippen LogP contribution in [0.25, 0.3) is 16.5 Å². The fraction of sp³-hybridized carbons (Fsp3) is 0.280. The van der Waals surface area contributed by atoms with E-state index in [2.05, 4.69) is 0 Å². The zero-order valence-electron chi connectivity index (χ0n) is 18.4. The van der Waals surface area contributed by atoms with E-state index in [0.29, 0.717) is 22.2 Å². The van der Waals surface area contributed by atoms with Crippen LogP contribution in [0.2, 0.25) is 0 Å². The summed E-state index contributed by atoms with van der Waals surface area (Å²) in [7, 11) is 3.21. The summed E-state index contributed by atoms with van der Waals surface area (Å²) in [6.07, 6.45) is 0. The van der Waals surface area contributed by atoms with Crippen LogP contribution in [0.1, 0.15) is 34.1 Å². The van der Waals surface area contributed by atoms with Gasteiger partial charge in [0.05, 0.1) is 6.61 Å². The molecule has 7 heteroatoms. The quantitative estimate of drug-likeness (QED) is 0.561. The molecule has 0 unspecified atom stereocenters. The average molecular weight is 438 g/mol. The third-order valence-electron chi connectivity index (χ3n) is 5.93. The van der Waals surface area contributed by atoms with E-state index in [1.54, 1.807) is 29.8 Å². The number of carbonyl (C=O) groups excluding carboxylic acids is 2. The second-order valence-corrected chi connectivity index (χ2v) is 7.92. The Morgan fingerprint density at radius 1 is 1.09 bits per heavy atom. The van der Waals surface area contributed by atoms with E-state index in [0.717, 1.165) is 11.1 Å². The number of nitrogens with zero attached hydrogens (tertiary/aromatic N) is 2. The van der Waals surface area contributed by atoms with Crippen LogP contribution >= 0.6 is 0 Å². The summed E-state index contributed by atoms with van der Waals surface area (Å²) in [5.74, 6) is -5.93. The Bertz CT molecular complexity index is 1270. The molecule has 0 aliphatic carbocycles. The van der Waals surface area contributed by atoms with Gasteiger partial charge in [-0.1, -0.05) is 42.5 Å². The minimum absolute atomic E-state index is 0.171. The third kappa shape index (κ3) is 3.20. The molecule has 0 saturated heterocycles. The van der Waals surface area contributed by atoms with Crippen molar-refractivity contribution in [3.05, 3.63) is 76.5 Å². The first kappa shape index (κ1) is 21.7. The second-order valence-electron chi connectivity index (χ2n) is 7.92. The van der Waals surface area contributed by atoms with Crippen LogP contribution in [0.3, 0.4) is 0 Å². The van der Waals surface area contributed by atoms with E-state index in [1.165, 1.54) is 18.9 Å². The van der Waals surface area contributed by atoms with E-state index in [-0.39, 0.29) is 18.1 Å². The third-order valence-corrected chi connectivity index (χ3v) is 5.93. The van der Waals surface area contributed by atoms with Crippen LogP contribution in [-0.4, -0.2) is 47.5 Å². The van der Waals surface area contributed by atoms with Gasteiger partial charge in [-0.3, -0.25) is 4.79 Å². The van der Waals surface area contributed by atoms with Gasteiger partial charge < -0.3 is 14.2 Å². The van der Waals surface area contributed by atoms with Gasteiger partial charge in [0.15, 0.2) is 0 Å². The largest absolute Gasteiger partial charge is 0.461 e. The summed E-state index contributed by atoms with van der Waals surface area (Å²) in [5.41, 5.74) is 2.52. The van der Waals surface area contributed by atoms with Crippen molar-refractivity contribution in [1.82, 2.24) is 9.47 Å². The van der Waals surface area contributed by atoms with Crippen molar-refractivity contribution < 1.29 is 23.1 Å².